The summed E-state index contributed by atoms with van der Waals surface area (Å²) in [7, 11) is -1.89. The third-order valence-electron chi connectivity index (χ3n) is 6.79. The van der Waals surface area contributed by atoms with Gasteiger partial charge >= 0.3 is 0 Å². The van der Waals surface area contributed by atoms with Crippen LogP contribution in [0, 0.1) is 5.92 Å². The minimum atomic E-state index is -1.89. The fraction of sp³-hybridized carbons (Fsp3) is 0.407. The Balaban J connectivity index is 2.27. The van der Waals surface area contributed by atoms with Gasteiger partial charge in [0, 0.05) is 23.1 Å². The third kappa shape index (κ3) is 7.01. The molecule has 184 valence electrons. The molecule has 7 heteroatoms. The Labute approximate surface area is 216 Å². The molecular weight excluding hydrogens is 480 g/mol. The van der Waals surface area contributed by atoms with E-state index in [9.17, 15) is 4.79 Å². The van der Waals surface area contributed by atoms with Crippen molar-refractivity contribution in [1.82, 2.24) is 10.6 Å². The van der Waals surface area contributed by atoms with Crippen LogP contribution in [0.3, 0.4) is 0 Å². The molecule has 2 aromatic carbocycles. The Morgan fingerprint density at radius 3 is 2.26 bits per heavy atom. The van der Waals surface area contributed by atoms with Crippen molar-refractivity contribution in [1.29, 1.82) is 0 Å². The van der Waals surface area contributed by atoms with Gasteiger partial charge in [0.25, 0.3) is 5.91 Å². The van der Waals surface area contributed by atoms with Crippen LogP contribution in [0.1, 0.15) is 50.0 Å². The summed E-state index contributed by atoms with van der Waals surface area (Å²) in [6.45, 7) is 17.9. The van der Waals surface area contributed by atoms with Crippen molar-refractivity contribution in [2.75, 3.05) is 6.61 Å². The van der Waals surface area contributed by atoms with E-state index in [-0.39, 0.29) is 22.0 Å². The predicted molar refractivity (Wildman–Crippen MR) is 150 cm³/mol. The summed E-state index contributed by atoms with van der Waals surface area (Å²) in [6.07, 6.45) is 2.63. The molecule has 4 nitrogen and oxygen atoms in total. The zero-order valence-corrected chi connectivity index (χ0v) is 23.6. The lowest BCUT2D eigenvalue weighted by molar-refractivity contribution is 0.0975. The van der Waals surface area contributed by atoms with Crippen LogP contribution in [0.2, 0.25) is 23.2 Å². The highest BCUT2D eigenvalue weighted by Crippen LogP contribution is 2.39. The van der Waals surface area contributed by atoms with E-state index < -0.39 is 13.9 Å². The highest BCUT2D eigenvalue weighted by Gasteiger charge is 2.39. The van der Waals surface area contributed by atoms with Gasteiger partial charge < -0.3 is 9.74 Å². The van der Waals surface area contributed by atoms with Gasteiger partial charge in [-0.3, -0.25) is 10.1 Å². The number of hydrogen-bond donors (Lipinski definition) is 2. The predicted octanol–water partition coefficient (Wildman–Crippen LogP) is 7.07. The third-order valence-corrected chi connectivity index (χ3v) is 11.9. The number of rotatable bonds is 9. The lowest BCUT2D eigenvalue weighted by Crippen LogP contribution is -2.53. The molecular formula is C27H37ClN2O2SSi. The molecule has 34 heavy (non-hydrogen) atoms. The molecule has 0 saturated heterocycles. The van der Waals surface area contributed by atoms with Crippen LogP contribution in [0.5, 0.6) is 0 Å². The first-order valence-electron chi connectivity index (χ1n) is 11.5. The Hall–Kier alpha value is -1.99. The van der Waals surface area contributed by atoms with Gasteiger partial charge in [0.2, 0.25) is 0 Å². The van der Waals surface area contributed by atoms with Crippen LogP contribution < -0.4 is 10.6 Å². The van der Waals surface area contributed by atoms with E-state index in [1.54, 1.807) is 12.1 Å². The van der Waals surface area contributed by atoms with Gasteiger partial charge in [0.1, 0.15) is 0 Å². The second-order valence-electron chi connectivity index (χ2n) is 10.2. The van der Waals surface area contributed by atoms with E-state index in [2.05, 4.69) is 51.1 Å². The summed E-state index contributed by atoms with van der Waals surface area (Å²) >= 11 is 12.2. The number of benzene rings is 2. The number of hydrogen-bond acceptors (Lipinski definition) is 3. The summed E-state index contributed by atoms with van der Waals surface area (Å²) in [5.74, 6) is -0.334. The molecule has 0 fully saturated rings. The summed E-state index contributed by atoms with van der Waals surface area (Å²) in [6, 6.07) is 16.7. The average molecular weight is 517 g/mol. The first-order valence-corrected chi connectivity index (χ1v) is 15.2. The van der Waals surface area contributed by atoms with Crippen molar-refractivity contribution < 1.29 is 9.22 Å². The first kappa shape index (κ1) is 28.2. The van der Waals surface area contributed by atoms with Crippen molar-refractivity contribution in [3.63, 3.8) is 0 Å². The zero-order chi connectivity index (χ0) is 25.6. The second-order valence-corrected chi connectivity index (χ2v) is 15.8. The fourth-order valence-corrected chi connectivity index (χ4v) is 5.27. The number of nitrogens with one attached hydrogen (secondary N) is 2. The molecule has 0 aliphatic heterocycles. The highest BCUT2D eigenvalue weighted by molar-refractivity contribution is 7.80. The molecule has 2 aromatic rings. The topological polar surface area (TPSA) is 50.4 Å². The van der Waals surface area contributed by atoms with Gasteiger partial charge in [0.15, 0.2) is 13.4 Å². The van der Waals surface area contributed by atoms with E-state index in [1.165, 1.54) is 0 Å². The van der Waals surface area contributed by atoms with Crippen LogP contribution in [0.15, 0.2) is 67.3 Å². The Morgan fingerprint density at radius 1 is 1.12 bits per heavy atom. The number of thiocarbonyl (C=S) groups is 1. The smallest absolute Gasteiger partial charge is 0.257 e. The molecule has 0 spiro atoms. The maximum absolute atomic E-state index is 12.7. The van der Waals surface area contributed by atoms with Gasteiger partial charge in [0.05, 0.1) is 5.54 Å². The van der Waals surface area contributed by atoms with Crippen molar-refractivity contribution >= 4 is 43.2 Å². The van der Waals surface area contributed by atoms with Crippen LogP contribution in [0.4, 0.5) is 0 Å². The molecule has 2 N–H and O–H groups in total. The molecule has 0 heterocycles. The van der Waals surface area contributed by atoms with E-state index in [0.29, 0.717) is 17.2 Å². The maximum Gasteiger partial charge on any atom is 0.257 e. The number of amides is 1. The minimum absolute atomic E-state index is 0.0660. The summed E-state index contributed by atoms with van der Waals surface area (Å²) in [5, 5.41) is 7.16. The van der Waals surface area contributed by atoms with Crippen LogP contribution in [-0.2, 0) is 9.96 Å². The normalized spacial score (nSPS) is 14.6. The van der Waals surface area contributed by atoms with Crippen molar-refractivity contribution in [3.8, 4) is 0 Å². The summed E-state index contributed by atoms with van der Waals surface area (Å²) in [5.41, 5.74) is 0.706. The van der Waals surface area contributed by atoms with Gasteiger partial charge in [-0.2, -0.15) is 0 Å². The van der Waals surface area contributed by atoms with E-state index in [0.717, 1.165) is 12.0 Å². The Bertz CT molecular complexity index is 1010. The molecule has 1 amide bonds. The molecule has 0 aromatic heterocycles. The summed E-state index contributed by atoms with van der Waals surface area (Å²) < 4.78 is 6.44. The second kappa shape index (κ2) is 11.6. The lowest BCUT2D eigenvalue weighted by atomic mass is 9.78. The molecule has 0 radical (unpaired) electrons. The van der Waals surface area contributed by atoms with Gasteiger partial charge in [-0.25, -0.2) is 0 Å². The van der Waals surface area contributed by atoms with E-state index in [1.807, 2.05) is 55.5 Å². The molecule has 2 atom stereocenters. The van der Waals surface area contributed by atoms with Crippen molar-refractivity contribution in [2.45, 2.75) is 57.8 Å². The first-order chi connectivity index (χ1) is 15.8. The van der Waals surface area contributed by atoms with Gasteiger partial charge in [-0.1, -0.05) is 74.8 Å². The van der Waals surface area contributed by atoms with Crippen LogP contribution >= 0.6 is 23.8 Å². The Kier molecular flexibility index (Phi) is 9.66. The Morgan fingerprint density at radius 2 is 1.71 bits per heavy atom. The maximum atomic E-state index is 12.7. The number of halogens is 1. The monoisotopic (exact) mass is 516 g/mol. The fourth-order valence-electron chi connectivity index (χ4n) is 3.57. The van der Waals surface area contributed by atoms with Crippen molar-refractivity contribution in [3.05, 3.63) is 83.4 Å². The standard InChI is InChI=1S/C27H37ClN2O2SSi/c1-8-21(18-19-32-34(6,7)26(2,3)4)27(5,22-16-12-13-17-23(22)28)30-25(33)29-24(31)20-14-10-9-11-15-20/h8-17,21H,1,18-19H2,2-7H3,(H2,29,30,31,33)/t21-,27-/m1/s1. The van der Waals surface area contributed by atoms with Gasteiger partial charge in [-0.05, 0) is 67.5 Å². The summed E-state index contributed by atoms with van der Waals surface area (Å²) in [4.78, 5) is 12.7. The van der Waals surface area contributed by atoms with Gasteiger partial charge in [-0.15, -0.1) is 6.58 Å². The molecule has 0 saturated carbocycles. The van der Waals surface area contributed by atoms with E-state index >= 15 is 0 Å². The number of carbonyl (C=O) groups is 1. The SMILES string of the molecule is C=C[C@H](CCO[Si](C)(C)C(C)(C)C)[C@@](C)(NC(=S)NC(=O)c1ccccc1)c1ccccc1Cl. The van der Waals surface area contributed by atoms with Crippen LogP contribution in [0.25, 0.3) is 0 Å². The lowest BCUT2D eigenvalue weighted by Gasteiger charge is -2.40. The molecule has 0 aliphatic carbocycles. The molecule has 0 bridgehead atoms. The van der Waals surface area contributed by atoms with E-state index in [4.69, 9.17) is 28.2 Å². The number of carbonyl (C=O) groups excluding carboxylic acids is 1. The minimum Gasteiger partial charge on any atom is -0.417 e. The molecule has 0 unspecified atom stereocenters. The zero-order valence-electron chi connectivity index (χ0n) is 21.1. The molecule has 0 aliphatic rings. The largest absolute Gasteiger partial charge is 0.417 e. The van der Waals surface area contributed by atoms with Crippen LogP contribution in [-0.4, -0.2) is 25.9 Å². The molecule has 2 rings (SSSR count). The quantitative estimate of drug-likeness (QED) is 0.212. The average Bonchev–Trinajstić information content (AvgIpc) is 2.76. The highest BCUT2D eigenvalue weighted by atomic mass is 35.5. The van der Waals surface area contributed by atoms with Crippen molar-refractivity contribution in [2.24, 2.45) is 5.92 Å².